The summed E-state index contributed by atoms with van der Waals surface area (Å²) in [6.07, 6.45) is 1.15. The molecule has 1 aliphatic rings. The molecular formula is C15H21Br2NO2. The quantitative estimate of drug-likeness (QED) is 0.802. The highest BCUT2D eigenvalue weighted by atomic mass is 79.9. The molecule has 112 valence electrons. The molecule has 0 aromatic heterocycles. The number of nitrogens with one attached hydrogen (secondary N) is 1. The van der Waals surface area contributed by atoms with Gasteiger partial charge in [0.25, 0.3) is 0 Å². The molecule has 3 nitrogen and oxygen atoms in total. The molecule has 1 aromatic rings. The van der Waals surface area contributed by atoms with Crippen LogP contribution in [0.15, 0.2) is 21.1 Å². The van der Waals surface area contributed by atoms with Crippen molar-refractivity contribution in [2.45, 2.75) is 32.4 Å². The highest BCUT2D eigenvalue weighted by Gasteiger charge is 2.28. The smallest absolute Gasteiger partial charge is 0.100 e. The van der Waals surface area contributed by atoms with Gasteiger partial charge in [0, 0.05) is 8.95 Å². The lowest BCUT2D eigenvalue weighted by atomic mass is 9.99. The third kappa shape index (κ3) is 4.04. The van der Waals surface area contributed by atoms with Gasteiger partial charge < -0.3 is 14.8 Å². The Morgan fingerprint density at radius 1 is 1.30 bits per heavy atom. The topological polar surface area (TPSA) is 30.5 Å². The molecule has 0 amide bonds. The fourth-order valence-electron chi connectivity index (χ4n) is 2.34. The number of rotatable bonds is 5. The minimum Gasteiger partial charge on any atom is -0.376 e. The molecule has 0 aliphatic carbocycles. The predicted octanol–water partition coefficient (Wildman–Crippen LogP) is 3.98. The van der Waals surface area contributed by atoms with Gasteiger partial charge in [-0.15, -0.1) is 0 Å². The van der Waals surface area contributed by atoms with Crippen LogP contribution >= 0.6 is 31.9 Å². The number of benzene rings is 1. The summed E-state index contributed by atoms with van der Waals surface area (Å²) in [5.41, 5.74) is 2.43. The highest BCUT2D eigenvalue weighted by Crippen LogP contribution is 2.32. The van der Waals surface area contributed by atoms with E-state index in [1.807, 2.05) is 0 Å². The summed E-state index contributed by atoms with van der Waals surface area (Å²) < 4.78 is 13.7. The molecule has 2 atom stereocenters. The van der Waals surface area contributed by atoms with Crippen molar-refractivity contribution in [3.8, 4) is 0 Å². The second kappa shape index (κ2) is 7.90. The molecule has 1 aliphatic heterocycles. The second-order valence-corrected chi connectivity index (χ2v) is 6.75. The zero-order valence-electron chi connectivity index (χ0n) is 11.9. The van der Waals surface area contributed by atoms with E-state index in [1.165, 1.54) is 11.1 Å². The van der Waals surface area contributed by atoms with Crippen molar-refractivity contribution in [2.75, 3.05) is 26.4 Å². The standard InChI is InChI=1S/C15H21Br2NO2/c1-3-4-18-15(14-9-19-5-6-20-14)11-8-12(16)10(2)7-13(11)17/h7-8,14-15,18H,3-6,9H2,1-2H3. The third-order valence-corrected chi connectivity index (χ3v) is 4.98. The van der Waals surface area contributed by atoms with Crippen LogP contribution in [0.3, 0.4) is 0 Å². The molecular weight excluding hydrogens is 386 g/mol. The van der Waals surface area contributed by atoms with Crippen molar-refractivity contribution < 1.29 is 9.47 Å². The molecule has 1 fully saturated rings. The van der Waals surface area contributed by atoms with Crippen LogP contribution in [0.4, 0.5) is 0 Å². The first kappa shape index (κ1) is 16.4. The van der Waals surface area contributed by atoms with Crippen LogP contribution in [0.25, 0.3) is 0 Å². The first-order valence-electron chi connectivity index (χ1n) is 7.01. The van der Waals surface area contributed by atoms with Crippen LogP contribution in [-0.2, 0) is 9.47 Å². The number of hydrogen-bond acceptors (Lipinski definition) is 3. The Balaban J connectivity index is 2.27. The van der Waals surface area contributed by atoms with Crippen molar-refractivity contribution in [3.63, 3.8) is 0 Å². The van der Waals surface area contributed by atoms with E-state index in [1.54, 1.807) is 0 Å². The van der Waals surface area contributed by atoms with E-state index in [-0.39, 0.29) is 12.1 Å². The number of aryl methyl sites for hydroxylation is 1. The van der Waals surface area contributed by atoms with Crippen molar-refractivity contribution >= 4 is 31.9 Å². The molecule has 2 unspecified atom stereocenters. The predicted molar refractivity (Wildman–Crippen MR) is 88.2 cm³/mol. The van der Waals surface area contributed by atoms with Gasteiger partial charge in [0.1, 0.15) is 6.10 Å². The number of ether oxygens (including phenoxy) is 2. The first-order valence-corrected chi connectivity index (χ1v) is 8.60. The van der Waals surface area contributed by atoms with E-state index in [0.29, 0.717) is 19.8 Å². The molecule has 0 radical (unpaired) electrons. The van der Waals surface area contributed by atoms with Crippen LogP contribution < -0.4 is 5.32 Å². The number of hydrogen-bond donors (Lipinski definition) is 1. The first-order chi connectivity index (χ1) is 9.63. The largest absolute Gasteiger partial charge is 0.376 e. The summed E-state index contributed by atoms with van der Waals surface area (Å²) in [6.45, 7) is 7.22. The van der Waals surface area contributed by atoms with Crippen molar-refractivity contribution in [2.24, 2.45) is 0 Å². The van der Waals surface area contributed by atoms with Crippen LogP contribution in [0.5, 0.6) is 0 Å². The molecule has 5 heteroatoms. The summed E-state index contributed by atoms with van der Waals surface area (Å²) >= 11 is 7.30. The summed E-state index contributed by atoms with van der Waals surface area (Å²) in [4.78, 5) is 0. The summed E-state index contributed by atoms with van der Waals surface area (Å²) in [7, 11) is 0. The van der Waals surface area contributed by atoms with Gasteiger partial charge in [-0.3, -0.25) is 0 Å². The van der Waals surface area contributed by atoms with E-state index in [2.05, 4.69) is 63.2 Å². The van der Waals surface area contributed by atoms with Gasteiger partial charge in [0.2, 0.25) is 0 Å². The zero-order chi connectivity index (χ0) is 14.5. The van der Waals surface area contributed by atoms with Crippen LogP contribution in [-0.4, -0.2) is 32.5 Å². The van der Waals surface area contributed by atoms with Crippen molar-refractivity contribution in [1.82, 2.24) is 5.32 Å². The van der Waals surface area contributed by atoms with Crippen LogP contribution in [0.2, 0.25) is 0 Å². The molecule has 0 spiro atoms. The molecule has 1 heterocycles. The maximum Gasteiger partial charge on any atom is 0.100 e. The highest BCUT2D eigenvalue weighted by molar-refractivity contribution is 9.11. The van der Waals surface area contributed by atoms with Gasteiger partial charge in [-0.1, -0.05) is 38.8 Å². The van der Waals surface area contributed by atoms with Crippen LogP contribution in [0, 0.1) is 6.92 Å². The van der Waals surface area contributed by atoms with Gasteiger partial charge >= 0.3 is 0 Å². The average Bonchev–Trinajstić information content (AvgIpc) is 2.45. The van der Waals surface area contributed by atoms with Gasteiger partial charge in [-0.2, -0.15) is 0 Å². The second-order valence-electron chi connectivity index (χ2n) is 5.04. The Labute approximate surface area is 137 Å². The summed E-state index contributed by atoms with van der Waals surface area (Å²) in [6, 6.07) is 4.45. The molecule has 20 heavy (non-hydrogen) atoms. The van der Waals surface area contributed by atoms with Gasteiger partial charge in [0.15, 0.2) is 0 Å². The zero-order valence-corrected chi connectivity index (χ0v) is 15.1. The van der Waals surface area contributed by atoms with Gasteiger partial charge in [-0.25, -0.2) is 0 Å². The molecule has 0 bridgehead atoms. The molecule has 1 saturated heterocycles. The molecule has 2 rings (SSSR count). The Bertz CT molecular complexity index is 448. The van der Waals surface area contributed by atoms with E-state index in [4.69, 9.17) is 9.47 Å². The minimum atomic E-state index is 0.0567. The summed E-state index contributed by atoms with van der Waals surface area (Å²) in [5.74, 6) is 0. The summed E-state index contributed by atoms with van der Waals surface area (Å²) in [5, 5.41) is 3.59. The van der Waals surface area contributed by atoms with Gasteiger partial charge in [0.05, 0.1) is 25.9 Å². The lowest BCUT2D eigenvalue weighted by molar-refractivity contribution is -0.102. The monoisotopic (exact) mass is 405 g/mol. The average molecular weight is 407 g/mol. The van der Waals surface area contributed by atoms with Crippen molar-refractivity contribution in [3.05, 3.63) is 32.2 Å². The molecule has 1 N–H and O–H groups in total. The minimum absolute atomic E-state index is 0.0567. The third-order valence-electron chi connectivity index (χ3n) is 3.44. The lowest BCUT2D eigenvalue weighted by Crippen LogP contribution is -2.41. The fraction of sp³-hybridized carbons (Fsp3) is 0.600. The Morgan fingerprint density at radius 3 is 2.75 bits per heavy atom. The molecule has 1 aromatic carbocycles. The van der Waals surface area contributed by atoms with Crippen LogP contribution in [0.1, 0.15) is 30.5 Å². The maximum absolute atomic E-state index is 5.89. The van der Waals surface area contributed by atoms with Gasteiger partial charge in [-0.05, 0) is 43.1 Å². The van der Waals surface area contributed by atoms with E-state index in [0.717, 1.165) is 21.9 Å². The normalized spacial score (nSPS) is 20.9. The fourth-order valence-corrected chi connectivity index (χ4v) is 3.41. The number of halogens is 2. The Hall–Kier alpha value is 0.0600. The Morgan fingerprint density at radius 2 is 2.10 bits per heavy atom. The SMILES string of the molecule is CCCNC(c1cc(Br)c(C)cc1Br)C1COCCO1. The maximum atomic E-state index is 5.89. The van der Waals surface area contributed by atoms with E-state index < -0.39 is 0 Å². The lowest BCUT2D eigenvalue weighted by Gasteiger charge is -2.32. The molecule has 0 saturated carbocycles. The van der Waals surface area contributed by atoms with E-state index >= 15 is 0 Å². The van der Waals surface area contributed by atoms with Crippen molar-refractivity contribution in [1.29, 1.82) is 0 Å². The Kier molecular flexibility index (Phi) is 6.49. The van der Waals surface area contributed by atoms with E-state index in [9.17, 15) is 0 Å².